The summed E-state index contributed by atoms with van der Waals surface area (Å²) in [5.41, 5.74) is 6.31. The molecule has 3 fully saturated rings. The highest BCUT2D eigenvalue weighted by atomic mass is 19.3. The van der Waals surface area contributed by atoms with Gasteiger partial charge in [0, 0.05) is 18.7 Å². The lowest BCUT2D eigenvalue weighted by Gasteiger charge is -2.35. The third kappa shape index (κ3) is 7.90. The van der Waals surface area contributed by atoms with E-state index in [-0.39, 0.29) is 61.5 Å². The summed E-state index contributed by atoms with van der Waals surface area (Å²) in [6, 6.07) is 1.62. The van der Waals surface area contributed by atoms with Crippen LogP contribution >= 0.6 is 0 Å². The number of methoxy groups -OCH3 is 2. The van der Waals surface area contributed by atoms with Crippen LogP contribution in [0.1, 0.15) is 48.5 Å². The highest BCUT2D eigenvalue weighted by Crippen LogP contribution is 2.37. The van der Waals surface area contributed by atoms with Gasteiger partial charge in [-0.25, -0.2) is 14.6 Å². The summed E-state index contributed by atoms with van der Waals surface area (Å²) in [6.45, 7) is -1.10. The van der Waals surface area contributed by atoms with Crippen molar-refractivity contribution in [1.29, 1.82) is 0 Å². The van der Waals surface area contributed by atoms with Crippen molar-refractivity contribution in [2.45, 2.75) is 57.0 Å². The molecule has 2 saturated heterocycles. The number of esters is 1. The van der Waals surface area contributed by atoms with Crippen LogP contribution in [0.15, 0.2) is 22.6 Å². The molecule has 0 bridgehead atoms. The molecule has 256 valence electrons. The number of carbonyl (C=O) groups excluding carboxylic acids is 4. The van der Waals surface area contributed by atoms with E-state index in [1.807, 2.05) is 0 Å². The zero-order valence-corrected chi connectivity index (χ0v) is 26.1. The maximum Gasteiger partial charge on any atom is 0.407 e. The van der Waals surface area contributed by atoms with Crippen LogP contribution in [0.2, 0.25) is 0 Å². The first-order chi connectivity index (χ1) is 22.5. The van der Waals surface area contributed by atoms with Crippen molar-refractivity contribution in [1.82, 2.24) is 20.1 Å². The van der Waals surface area contributed by atoms with Gasteiger partial charge in [-0.3, -0.25) is 9.59 Å². The maximum absolute atomic E-state index is 14.2. The van der Waals surface area contributed by atoms with Gasteiger partial charge in [0.25, 0.3) is 5.91 Å². The summed E-state index contributed by atoms with van der Waals surface area (Å²) in [5, 5.41) is 2.63. The number of hydrogen-bond donors (Lipinski definition) is 2. The number of likely N-dealkylation sites (tertiary alicyclic amines) is 1. The summed E-state index contributed by atoms with van der Waals surface area (Å²) in [7, 11) is 2.40. The predicted molar refractivity (Wildman–Crippen MR) is 156 cm³/mol. The second-order valence-electron chi connectivity index (χ2n) is 11.5. The van der Waals surface area contributed by atoms with E-state index in [0.29, 0.717) is 18.1 Å². The Morgan fingerprint density at radius 1 is 1.13 bits per heavy atom. The molecular formula is C30H37F2N5O10. The fourth-order valence-corrected chi connectivity index (χ4v) is 5.45. The van der Waals surface area contributed by atoms with Crippen LogP contribution in [0, 0.1) is 5.92 Å². The van der Waals surface area contributed by atoms with E-state index in [1.54, 1.807) is 6.92 Å². The van der Waals surface area contributed by atoms with Gasteiger partial charge in [0.2, 0.25) is 11.8 Å². The molecule has 1 aromatic carbocycles. The molecule has 3 heterocycles. The van der Waals surface area contributed by atoms with Gasteiger partial charge >= 0.3 is 18.7 Å². The smallest absolute Gasteiger partial charge is 0.407 e. The van der Waals surface area contributed by atoms with Crippen LogP contribution in [0.3, 0.4) is 0 Å². The average Bonchev–Trinajstić information content (AvgIpc) is 3.62. The van der Waals surface area contributed by atoms with Crippen molar-refractivity contribution in [3.8, 4) is 23.0 Å². The lowest BCUT2D eigenvalue weighted by Crippen LogP contribution is -2.54. The Bertz CT molecular complexity index is 1480. The highest BCUT2D eigenvalue weighted by Gasteiger charge is 2.45. The molecule has 1 unspecified atom stereocenters. The largest absolute Gasteiger partial charge is 0.489 e. The number of oxazole rings is 1. The molecule has 1 aliphatic carbocycles. The van der Waals surface area contributed by atoms with E-state index in [4.69, 9.17) is 29.1 Å². The SMILES string of the molecule is COC(=O)N[C@@H]1C[C@@H](C(=O)N2CCOC(C(=O)OC)C2)N(C(=O)c2nc(-c3ccc(OC(F)F)c(OCC4CC4)c3)oc2[C@H](C)N)C1. The fourth-order valence-electron chi connectivity index (χ4n) is 5.45. The summed E-state index contributed by atoms with van der Waals surface area (Å²) >= 11 is 0. The van der Waals surface area contributed by atoms with E-state index in [2.05, 4.69) is 15.0 Å². The van der Waals surface area contributed by atoms with Gasteiger partial charge in [-0.05, 0) is 50.3 Å². The van der Waals surface area contributed by atoms with Crippen molar-refractivity contribution in [3.63, 3.8) is 0 Å². The Hall–Kier alpha value is -4.51. The highest BCUT2D eigenvalue weighted by molar-refractivity contribution is 5.98. The topological polar surface area (TPSA) is 185 Å². The normalized spacial score (nSPS) is 21.7. The van der Waals surface area contributed by atoms with Crippen LogP contribution in [-0.4, -0.2) is 111 Å². The van der Waals surface area contributed by atoms with Gasteiger partial charge in [0.1, 0.15) is 6.04 Å². The van der Waals surface area contributed by atoms with Gasteiger partial charge in [0.05, 0.1) is 46.1 Å². The third-order valence-corrected chi connectivity index (χ3v) is 8.04. The fraction of sp³-hybridized carbons (Fsp3) is 0.567. The molecule has 3 amide bonds. The monoisotopic (exact) mass is 665 g/mol. The van der Waals surface area contributed by atoms with Gasteiger partial charge in [0.15, 0.2) is 29.1 Å². The number of alkyl carbamates (subject to hydrolysis) is 1. The van der Waals surface area contributed by atoms with Gasteiger partial charge in [-0.15, -0.1) is 0 Å². The zero-order valence-electron chi connectivity index (χ0n) is 26.1. The Labute approximate surface area is 268 Å². The lowest BCUT2D eigenvalue weighted by molar-refractivity contribution is -0.163. The molecule has 3 N–H and O–H groups in total. The quantitative estimate of drug-likeness (QED) is 0.334. The molecule has 1 saturated carbocycles. The molecule has 4 atom stereocenters. The summed E-state index contributed by atoms with van der Waals surface area (Å²) in [6.07, 6.45) is 0.255. The van der Waals surface area contributed by atoms with Crippen molar-refractivity contribution in [3.05, 3.63) is 29.7 Å². The maximum atomic E-state index is 14.2. The predicted octanol–water partition coefficient (Wildman–Crippen LogP) is 2.09. The second-order valence-corrected chi connectivity index (χ2v) is 11.5. The first-order valence-electron chi connectivity index (χ1n) is 15.1. The van der Waals surface area contributed by atoms with Gasteiger partial charge in [-0.2, -0.15) is 8.78 Å². The van der Waals surface area contributed by atoms with Crippen molar-refractivity contribution in [2.75, 3.05) is 47.1 Å². The molecule has 0 radical (unpaired) electrons. The Morgan fingerprint density at radius 2 is 1.89 bits per heavy atom. The molecule has 1 aromatic heterocycles. The number of alkyl halides is 2. The van der Waals surface area contributed by atoms with E-state index in [1.165, 1.54) is 42.2 Å². The molecule has 5 rings (SSSR count). The molecule has 3 aliphatic rings. The Kier molecular flexibility index (Phi) is 10.4. The van der Waals surface area contributed by atoms with Crippen LogP contribution in [0.25, 0.3) is 11.5 Å². The number of carbonyl (C=O) groups is 4. The number of nitrogens with zero attached hydrogens (tertiary/aromatic N) is 3. The Morgan fingerprint density at radius 3 is 2.55 bits per heavy atom. The standard InChI is InChI=1S/C30H37F2N5O10/c1-15(33)24-23(35-25(47-24)17-6-7-20(46-29(31)32)21(10-17)45-14-16-4-5-16)27(39)37-12-18(34-30(41)43-3)11-19(37)26(38)36-8-9-44-22(13-36)28(40)42-2/h6-7,10,15-16,18-19,22,29H,4-5,8-9,11-14,33H2,1-3H3,(H,34,41)/t15-,18+,19-,22?/m0/s1. The molecule has 0 spiro atoms. The lowest BCUT2D eigenvalue weighted by atomic mass is 10.1. The summed E-state index contributed by atoms with van der Waals surface area (Å²) in [4.78, 5) is 59.3. The minimum absolute atomic E-state index is 0.0195. The Balaban J connectivity index is 1.44. The van der Waals surface area contributed by atoms with Crippen molar-refractivity contribution >= 4 is 23.9 Å². The average molecular weight is 666 g/mol. The number of morpholine rings is 1. The number of benzene rings is 1. The number of nitrogens with two attached hydrogens (primary N) is 1. The van der Waals surface area contributed by atoms with Crippen LogP contribution < -0.4 is 20.5 Å². The molecule has 17 heteroatoms. The van der Waals surface area contributed by atoms with Crippen LogP contribution in [0.4, 0.5) is 13.6 Å². The number of rotatable bonds is 11. The third-order valence-electron chi connectivity index (χ3n) is 8.04. The number of hydrogen-bond acceptors (Lipinski definition) is 12. The molecule has 47 heavy (non-hydrogen) atoms. The van der Waals surface area contributed by atoms with Crippen molar-refractivity contribution in [2.24, 2.45) is 11.7 Å². The number of ether oxygens (including phenoxy) is 5. The first kappa shape index (κ1) is 33.8. The summed E-state index contributed by atoms with van der Waals surface area (Å²) in [5.74, 6) is -1.61. The molecule has 2 aromatic rings. The van der Waals surface area contributed by atoms with E-state index in [9.17, 15) is 28.0 Å². The molecular weight excluding hydrogens is 628 g/mol. The number of nitrogens with one attached hydrogen (secondary N) is 1. The first-order valence-corrected chi connectivity index (χ1v) is 15.1. The van der Waals surface area contributed by atoms with Gasteiger partial charge in [-0.1, -0.05) is 0 Å². The van der Waals surface area contributed by atoms with Gasteiger partial charge < -0.3 is 49.0 Å². The van der Waals surface area contributed by atoms with Crippen molar-refractivity contribution < 1.29 is 56.1 Å². The van der Waals surface area contributed by atoms with Crippen LogP contribution in [0.5, 0.6) is 11.5 Å². The number of halogens is 2. The zero-order chi connectivity index (χ0) is 33.8. The molecule has 15 nitrogen and oxygen atoms in total. The second kappa shape index (κ2) is 14.5. The molecule has 2 aliphatic heterocycles. The van der Waals surface area contributed by atoms with Crippen LogP contribution in [-0.2, 0) is 23.8 Å². The minimum Gasteiger partial charge on any atom is -0.489 e. The van der Waals surface area contributed by atoms with E-state index in [0.717, 1.165) is 12.8 Å². The van der Waals surface area contributed by atoms with E-state index >= 15 is 0 Å². The summed E-state index contributed by atoms with van der Waals surface area (Å²) < 4.78 is 57.4. The number of amides is 3. The van der Waals surface area contributed by atoms with E-state index < -0.39 is 54.7 Å². The minimum atomic E-state index is -3.07. The number of aromatic nitrogens is 1.